The number of rotatable bonds is 7. The highest BCUT2D eigenvalue weighted by molar-refractivity contribution is 7.54. The topological polar surface area (TPSA) is 107 Å². The average molecular weight is 380 g/mol. The van der Waals surface area contributed by atoms with E-state index in [0.717, 1.165) is 0 Å². The molecule has 2 aliphatic rings. The van der Waals surface area contributed by atoms with Gasteiger partial charge in [-0.25, -0.2) is 0 Å². The van der Waals surface area contributed by atoms with Gasteiger partial charge in [0.05, 0.1) is 6.61 Å². The Morgan fingerprint density at radius 1 is 1.00 bits per heavy atom. The molecule has 2 saturated heterocycles. The summed E-state index contributed by atoms with van der Waals surface area (Å²) in [5.74, 6) is -3.11. The fraction of sp³-hybridized carbons (Fsp3) is 0.867. The first kappa shape index (κ1) is 20.6. The Morgan fingerprint density at radius 3 is 2.04 bits per heavy atom. The zero-order valence-electron chi connectivity index (χ0n) is 15.3. The van der Waals surface area contributed by atoms with Crippen molar-refractivity contribution >= 4 is 19.2 Å². The van der Waals surface area contributed by atoms with Crippen LogP contribution in [-0.4, -0.2) is 68.4 Å². The normalized spacial score (nSPS) is 31.2. The van der Waals surface area contributed by atoms with Crippen LogP contribution >= 0.6 is 7.60 Å². The van der Waals surface area contributed by atoms with Gasteiger partial charge in [0.25, 0.3) is 0 Å². The molecule has 2 fully saturated rings. The van der Waals surface area contributed by atoms with E-state index < -0.39 is 55.2 Å². The van der Waals surface area contributed by atoms with E-state index in [1.807, 2.05) is 0 Å². The summed E-state index contributed by atoms with van der Waals surface area (Å²) in [5.41, 5.74) is 0. The third-order valence-corrected chi connectivity index (χ3v) is 5.74. The number of hydrogen-bond acceptors (Lipinski definition) is 9. The second kappa shape index (κ2) is 7.15. The molecule has 0 unspecified atom stereocenters. The minimum Gasteiger partial charge on any atom is -0.347 e. The molecule has 25 heavy (non-hydrogen) atoms. The standard InChI is InChI=1S/C15H25O9P/c1-14(2)21-7-10(22-14)11(17)13-12(23-15(3,4)24-13)9(16)8-25(18,19-5)20-6/h10,12-13H,7-8H2,1-6H3/t10-,12-,13+/m1/s1. The van der Waals surface area contributed by atoms with Gasteiger partial charge >= 0.3 is 7.60 Å². The van der Waals surface area contributed by atoms with E-state index in [9.17, 15) is 14.2 Å². The van der Waals surface area contributed by atoms with E-state index in [1.165, 1.54) is 14.2 Å². The molecule has 2 heterocycles. The van der Waals surface area contributed by atoms with Crippen LogP contribution in [0.15, 0.2) is 0 Å². The molecule has 10 heteroatoms. The lowest BCUT2D eigenvalue weighted by Gasteiger charge is -2.20. The molecule has 0 aromatic rings. The second-order valence-corrected chi connectivity index (χ2v) is 9.07. The monoisotopic (exact) mass is 380 g/mol. The van der Waals surface area contributed by atoms with Gasteiger partial charge in [-0.05, 0) is 27.7 Å². The van der Waals surface area contributed by atoms with Gasteiger partial charge in [-0.1, -0.05) is 0 Å². The maximum absolute atomic E-state index is 12.7. The van der Waals surface area contributed by atoms with E-state index in [1.54, 1.807) is 27.7 Å². The molecule has 0 aliphatic carbocycles. The van der Waals surface area contributed by atoms with Crippen LogP contribution in [0.3, 0.4) is 0 Å². The quantitative estimate of drug-likeness (QED) is 0.604. The van der Waals surface area contributed by atoms with Gasteiger partial charge in [0.2, 0.25) is 0 Å². The molecule has 0 bridgehead atoms. The van der Waals surface area contributed by atoms with Crippen molar-refractivity contribution < 1.29 is 42.1 Å². The largest absolute Gasteiger partial charge is 0.347 e. The number of Topliss-reactive ketones (excluding diaryl/α,β-unsaturated/α-hetero) is 2. The molecule has 9 nitrogen and oxygen atoms in total. The van der Waals surface area contributed by atoms with Crippen LogP contribution in [-0.2, 0) is 42.1 Å². The van der Waals surface area contributed by atoms with Crippen molar-refractivity contribution in [2.45, 2.75) is 57.6 Å². The molecule has 0 radical (unpaired) electrons. The molecule has 0 aromatic heterocycles. The van der Waals surface area contributed by atoms with Crippen LogP contribution in [0, 0.1) is 0 Å². The highest BCUT2D eigenvalue weighted by Gasteiger charge is 2.53. The van der Waals surface area contributed by atoms with Crippen LogP contribution in [0.2, 0.25) is 0 Å². The van der Waals surface area contributed by atoms with Gasteiger partial charge in [0.15, 0.2) is 35.3 Å². The number of hydrogen-bond donors (Lipinski definition) is 0. The van der Waals surface area contributed by atoms with Gasteiger partial charge in [0.1, 0.15) is 12.3 Å². The summed E-state index contributed by atoms with van der Waals surface area (Å²) in [4.78, 5) is 25.3. The van der Waals surface area contributed by atoms with Crippen LogP contribution in [0.5, 0.6) is 0 Å². The molecular formula is C15H25O9P. The van der Waals surface area contributed by atoms with E-state index in [2.05, 4.69) is 0 Å². The van der Waals surface area contributed by atoms with Crippen molar-refractivity contribution in [1.29, 1.82) is 0 Å². The summed E-state index contributed by atoms with van der Waals surface area (Å²) < 4.78 is 43.9. The van der Waals surface area contributed by atoms with Crippen molar-refractivity contribution in [3.63, 3.8) is 0 Å². The van der Waals surface area contributed by atoms with Crippen LogP contribution < -0.4 is 0 Å². The summed E-state index contributed by atoms with van der Waals surface area (Å²) in [6, 6.07) is 0. The average Bonchev–Trinajstić information content (AvgIpc) is 3.05. The van der Waals surface area contributed by atoms with Crippen molar-refractivity contribution in [2.24, 2.45) is 0 Å². The molecular weight excluding hydrogens is 355 g/mol. The summed E-state index contributed by atoms with van der Waals surface area (Å²) in [7, 11) is -1.22. The maximum Gasteiger partial charge on any atom is 0.337 e. The predicted molar refractivity (Wildman–Crippen MR) is 85.2 cm³/mol. The third-order valence-electron chi connectivity index (χ3n) is 3.93. The summed E-state index contributed by atoms with van der Waals surface area (Å²) in [6.07, 6.45) is -3.81. The van der Waals surface area contributed by atoms with E-state index in [4.69, 9.17) is 28.0 Å². The fourth-order valence-electron chi connectivity index (χ4n) is 2.70. The summed E-state index contributed by atoms with van der Waals surface area (Å²) in [5, 5.41) is 0. The molecule has 2 rings (SSSR count). The van der Waals surface area contributed by atoms with Crippen molar-refractivity contribution in [3.05, 3.63) is 0 Å². The maximum atomic E-state index is 12.7. The summed E-state index contributed by atoms with van der Waals surface area (Å²) in [6.45, 7) is 6.60. The number of ether oxygens (including phenoxy) is 4. The van der Waals surface area contributed by atoms with Gasteiger partial charge in [-0.3, -0.25) is 14.2 Å². The summed E-state index contributed by atoms with van der Waals surface area (Å²) >= 11 is 0. The first-order chi connectivity index (χ1) is 11.4. The Bertz CT molecular complexity index is 578. The van der Waals surface area contributed by atoms with Crippen LogP contribution in [0.25, 0.3) is 0 Å². The zero-order valence-corrected chi connectivity index (χ0v) is 16.2. The van der Waals surface area contributed by atoms with Gasteiger partial charge in [-0.15, -0.1) is 0 Å². The van der Waals surface area contributed by atoms with Gasteiger partial charge in [-0.2, -0.15) is 0 Å². The second-order valence-electron chi connectivity index (χ2n) is 6.80. The molecule has 2 aliphatic heterocycles. The zero-order chi connectivity index (χ0) is 19.0. The first-order valence-electron chi connectivity index (χ1n) is 7.86. The van der Waals surface area contributed by atoms with E-state index in [0.29, 0.717) is 0 Å². The highest BCUT2D eigenvalue weighted by atomic mass is 31.2. The van der Waals surface area contributed by atoms with Crippen molar-refractivity contribution in [3.8, 4) is 0 Å². The van der Waals surface area contributed by atoms with Crippen LogP contribution in [0.4, 0.5) is 0 Å². The number of ketones is 2. The van der Waals surface area contributed by atoms with E-state index in [-0.39, 0.29) is 6.61 Å². The van der Waals surface area contributed by atoms with Crippen molar-refractivity contribution in [1.82, 2.24) is 0 Å². The lowest BCUT2D eigenvalue weighted by molar-refractivity contribution is -0.167. The van der Waals surface area contributed by atoms with Gasteiger partial charge < -0.3 is 28.0 Å². The first-order valence-corrected chi connectivity index (χ1v) is 9.59. The smallest absolute Gasteiger partial charge is 0.337 e. The lowest BCUT2D eigenvalue weighted by Crippen LogP contribution is -2.44. The molecule has 0 spiro atoms. The molecule has 0 aromatic carbocycles. The number of carbonyl (C=O) groups excluding carboxylic acids is 2. The van der Waals surface area contributed by atoms with Crippen molar-refractivity contribution in [2.75, 3.05) is 27.0 Å². The number of carbonyl (C=O) groups is 2. The Morgan fingerprint density at radius 2 is 1.56 bits per heavy atom. The SMILES string of the molecule is COP(=O)(CC(=O)[C@H]1OC(C)(C)O[C@H]1C(=O)[C@H]1COC(C)(C)O1)OC. The Balaban J connectivity index is 2.16. The minimum absolute atomic E-state index is 0.0572. The van der Waals surface area contributed by atoms with E-state index >= 15 is 0 Å². The van der Waals surface area contributed by atoms with Crippen LogP contribution in [0.1, 0.15) is 27.7 Å². The molecule has 144 valence electrons. The fourth-order valence-corrected chi connectivity index (χ4v) is 3.67. The molecule has 0 N–H and O–H groups in total. The molecule has 3 atom stereocenters. The highest BCUT2D eigenvalue weighted by Crippen LogP contribution is 2.47. The Hall–Kier alpha value is -0.670. The predicted octanol–water partition coefficient (Wildman–Crippen LogP) is 1.28. The Labute approximate surface area is 146 Å². The third kappa shape index (κ3) is 4.74. The minimum atomic E-state index is -3.59. The Kier molecular flexibility index (Phi) is 5.90. The lowest BCUT2D eigenvalue weighted by atomic mass is 10.0. The molecule has 0 amide bonds. The molecule has 0 saturated carbocycles. The van der Waals surface area contributed by atoms with Gasteiger partial charge in [0, 0.05) is 14.2 Å².